The molecule has 0 aliphatic carbocycles. The molecule has 15 heavy (non-hydrogen) atoms. The summed E-state index contributed by atoms with van der Waals surface area (Å²) in [5, 5.41) is 8.17. The molecule has 1 fully saturated rings. The van der Waals surface area contributed by atoms with Crippen LogP contribution in [0.2, 0.25) is 0 Å². The molecule has 0 bridgehead atoms. The molecule has 1 aliphatic rings. The topological polar surface area (TPSA) is 41.1 Å². The van der Waals surface area contributed by atoms with Gasteiger partial charge in [-0.25, -0.2) is 0 Å². The Morgan fingerprint density at radius 1 is 1.73 bits per heavy atom. The highest BCUT2D eigenvalue weighted by Crippen LogP contribution is 2.15. The van der Waals surface area contributed by atoms with Crippen molar-refractivity contribution in [1.29, 1.82) is 0 Å². The first-order valence-electron chi connectivity index (χ1n) is 4.89. The predicted octanol–water partition coefficient (Wildman–Crippen LogP) is 1.34. The van der Waals surface area contributed by atoms with Crippen molar-refractivity contribution in [3.63, 3.8) is 0 Å². The van der Waals surface area contributed by atoms with Gasteiger partial charge < -0.3 is 5.32 Å². The lowest BCUT2D eigenvalue weighted by Gasteiger charge is -2.09. The smallest absolute Gasteiger partial charge is 0.238 e. The number of thioether (sulfide) groups is 1. The molecule has 1 saturated heterocycles. The van der Waals surface area contributed by atoms with Crippen LogP contribution in [0.3, 0.4) is 0 Å². The van der Waals surface area contributed by atoms with Crippen molar-refractivity contribution >= 4 is 29.0 Å². The Balaban J connectivity index is 1.83. The van der Waals surface area contributed by atoms with E-state index in [9.17, 15) is 4.79 Å². The van der Waals surface area contributed by atoms with E-state index in [4.69, 9.17) is 0 Å². The van der Waals surface area contributed by atoms with Gasteiger partial charge >= 0.3 is 0 Å². The lowest BCUT2D eigenvalue weighted by Crippen LogP contribution is -2.41. The fraction of sp³-hybridized carbons (Fsp3) is 0.500. The second-order valence-corrected chi connectivity index (χ2v) is 5.55. The fourth-order valence-corrected chi connectivity index (χ4v) is 3.23. The maximum atomic E-state index is 11.7. The minimum Gasteiger partial charge on any atom is -0.350 e. The molecule has 1 aromatic heterocycles. The van der Waals surface area contributed by atoms with Crippen LogP contribution in [-0.2, 0) is 11.3 Å². The summed E-state index contributed by atoms with van der Waals surface area (Å²) in [6.07, 6.45) is 0. The van der Waals surface area contributed by atoms with Gasteiger partial charge in [-0.2, -0.15) is 0 Å². The van der Waals surface area contributed by atoms with Crippen LogP contribution in [0.15, 0.2) is 11.4 Å². The summed E-state index contributed by atoms with van der Waals surface area (Å²) >= 11 is 3.46. The number of carbonyl (C=O) groups is 1. The highest BCUT2D eigenvalue weighted by Gasteiger charge is 2.21. The van der Waals surface area contributed by atoms with Gasteiger partial charge in [-0.05, 0) is 23.9 Å². The van der Waals surface area contributed by atoms with Gasteiger partial charge in [-0.3, -0.25) is 10.1 Å². The second kappa shape index (κ2) is 5.01. The Morgan fingerprint density at radius 2 is 2.60 bits per heavy atom. The Bertz CT molecular complexity index is 345. The molecular formula is C10H14N2OS2. The monoisotopic (exact) mass is 242 g/mol. The molecule has 0 unspecified atom stereocenters. The first kappa shape index (κ1) is 11.0. The minimum absolute atomic E-state index is 0.00438. The van der Waals surface area contributed by atoms with E-state index >= 15 is 0 Å². The van der Waals surface area contributed by atoms with E-state index in [1.807, 2.05) is 0 Å². The number of rotatable bonds is 3. The molecule has 2 N–H and O–H groups in total. The Morgan fingerprint density at radius 3 is 3.20 bits per heavy atom. The predicted molar refractivity (Wildman–Crippen MR) is 65.2 cm³/mol. The molecule has 0 aromatic carbocycles. The normalized spacial score (nSPS) is 20.5. The summed E-state index contributed by atoms with van der Waals surface area (Å²) in [5.41, 5.74) is 1.26. The SMILES string of the molecule is Cc1ccsc1CNC(=O)[C@H]1CSCN1. The third-order valence-corrected chi connectivity index (χ3v) is 4.39. The average Bonchev–Trinajstić information content (AvgIpc) is 2.85. The van der Waals surface area contributed by atoms with Gasteiger partial charge in [0.2, 0.25) is 5.91 Å². The molecule has 1 aromatic rings. The zero-order valence-electron chi connectivity index (χ0n) is 8.58. The molecule has 3 nitrogen and oxygen atoms in total. The van der Waals surface area contributed by atoms with E-state index < -0.39 is 0 Å². The standard InChI is InChI=1S/C10H14N2OS2/c1-7-2-3-15-9(7)4-11-10(13)8-5-14-6-12-8/h2-3,8,12H,4-6H2,1H3,(H,11,13)/t8-/m1/s1. The second-order valence-electron chi connectivity index (χ2n) is 3.52. The minimum atomic E-state index is -0.00438. The van der Waals surface area contributed by atoms with Crippen molar-refractivity contribution in [2.75, 3.05) is 11.6 Å². The highest BCUT2D eigenvalue weighted by atomic mass is 32.2. The molecule has 0 radical (unpaired) electrons. The zero-order chi connectivity index (χ0) is 10.7. The number of thiophene rings is 1. The van der Waals surface area contributed by atoms with Crippen LogP contribution in [0, 0.1) is 6.92 Å². The van der Waals surface area contributed by atoms with E-state index in [0.29, 0.717) is 6.54 Å². The van der Waals surface area contributed by atoms with Crippen molar-refractivity contribution in [3.8, 4) is 0 Å². The van der Waals surface area contributed by atoms with Crippen molar-refractivity contribution in [1.82, 2.24) is 10.6 Å². The summed E-state index contributed by atoms with van der Waals surface area (Å²) in [6.45, 7) is 2.73. The van der Waals surface area contributed by atoms with Gasteiger partial charge in [0, 0.05) is 16.5 Å². The Hall–Kier alpha value is -0.520. The van der Waals surface area contributed by atoms with Gasteiger partial charge in [-0.15, -0.1) is 23.1 Å². The number of aryl methyl sites for hydroxylation is 1. The summed E-state index contributed by atoms with van der Waals surface area (Å²) in [7, 11) is 0. The van der Waals surface area contributed by atoms with E-state index in [-0.39, 0.29) is 11.9 Å². The van der Waals surface area contributed by atoms with Crippen LogP contribution < -0.4 is 10.6 Å². The number of carbonyl (C=O) groups excluding carboxylic acids is 1. The van der Waals surface area contributed by atoms with E-state index in [1.165, 1.54) is 10.4 Å². The van der Waals surface area contributed by atoms with Gasteiger partial charge in [0.25, 0.3) is 0 Å². The first-order valence-corrected chi connectivity index (χ1v) is 6.92. The summed E-state index contributed by atoms with van der Waals surface area (Å²) in [4.78, 5) is 12.9. The third-order valence-electron chi connectivity index (χ3n) is 2.42. The summed E-state index contributed by atoms with van der Waals surface area (Å²) < 4.78 is 0. The molecule has 0 spiro atoms. The molecular weight excluding hydrogens is 228 g/mol. The Labute approximate surface area is 97.6 Å². The van der Waals surface area contributed by atoms with E-state index in [1.54, 1.807) is 23.1 Å². The molecule has 5 heteroatoms. The first-order chi connectivity index (χ1) is 7.27. The fourth-order valence-electron chi connectivity index (χ4n) is 1.44. The van der Waals surface area contributed by atoms with E-state index in [2.05, 4.69) is 29.0 Å². The molecule has 1 atom stereocenters. The van der Waals surface area contributed by atoms with Crippen LogP contribution >= 0.6 is 23.1 Å². The van der Waals surface area contributed by atoms with Crippen LogP contribution in [0.1, 0.15) is 10.4 Å². The molecule has 1 amide bonds. The average molecular weight is 242 g/mol. The van der Waals surface area contributed by atoms with Crippen LogP contribution in [-0.4, -0.2) is 23.6 Å². The van der Waals surface area contributed by atoms with Crippen molar-refractivity contribution < 1.29 is 4.79 Å². The molecule has 82 valence electrons. The molecule has 2 heterocycles. The van der Waals surface area contributed by atoms with Gasteiger partial charge in [0.15, 0.2) is 0 Å². The van der Waals surface area contributed by atoms with Crippen molar-refractivity contribution in [3.05, 3.63) is 21.9 Å². The number of hydrogen-bond acceptors (Lipinski definition) is 4. The number of hydrogen-bond donors (Lipinski definition) is 2. The quantitative estimate of drug-likeness (QED) is 0.840. The third kappa shape index (κ3) is 2.74. The van der Waals surface area contributed by atoms with E-state index in [0.717, 1.165) is 11.6 Å². The molecule has 1 aliphatic heterocycles. The molecule has 0 saturated carbocycles. The lowest BCUT2D eigenvalue weighted by molar-refractivity contribution is -0.122. The summed E-state index contributed by atoms with van der Waals surface area (Å²) in [6, 6.07) is 2.07. The molecule has 2 rings (SSSR count). The van der Waals surface area contributed by atoms with Crippen molar-refractivity contribution in [2.45, 2.75) is 19.5 Å². The van der Waals surface area contributed by atoms with Gasteiger partial charge in [0.1, 0.15) is 0 Å². The van der Waals surface area contributed by atoms with Crippen LogP contribution in [0.25, 0.3) is 0 Å². The number of nitrogens with one attached hydrogen (secondary N) is 2. The van der Waals surface area contributed by atoms with Crippen LogP contribution in [0.5, 0.6) is 0 Å². The van der Waals surface area contributed by atoms with Crippen molar-refractivity contribution in [2.24, 2.45) is 0 Å². The maximum Gasteiger partial charge on any atom is 0.238 e. The van der Waals surface area contributed by atoms with Gasteiger partial charge in [0.05, 0.1) is 12.6 Å². The van der Waals surface area contributed by atoms with Crippen LogP contribution in [0.4, 0.5) is 0 Å². The Kier molecular flexibility index (Phi) is 3.66. The maximum absolute atomic E-state index is 11.7. The number of amides is 1. The lowest BCUT2D eigenvalue weighted by atomic mass is 10.2. The zero-order valence-corrected chi connectivity index (χ0v) is 10.2. The summed E-state index contributed by atoms with van der Waals surface area (Å²) in [5.74, 6) is 1.89. The largest absolute Gasteiger partial charge is 0.350 e. The highest BCUT2D eigenvalue weighted by molar-refractivity contribution is 7.99. The van der Waals surface area contributed by atoms with Gasteiger partial charge in [-0.1, -0.05) is 0 Å².